The molecule has 3 amide bonds. The van der Waals surface area contributed by atoms with E-state index in [2.05, 4.69) is 10.6 Å². The molecule has 0 aliphatic carbocycles. The first kappa shape index (κ1) is 16.0. The van der Waals surface area contributed by atoms with Gasteiger partial charge in [0, 0.05) is 11.8 Å². The lowest BCUT2D eigenvalue weighted by atomic mass is 10.3. The Morgan fingerprint density at radius 3 is 2.52 bits per heavy atom. The number of non-ortho nitro benzene ring substituents is 1. The van der Waals surface area contributed by atoms with E-state index in [1.54, 1.807) is 30.3 Å². The van der Waals surface area contributed by atoms with Gasteiger partial charge in [0.25, 0.3) is 11.6 Å². The molecule has 0 aliphatic heterocycles. The Hall–Kier alpha value is -3.42. The lowest BCUT2D eigenvalue weighted by molar-refractivity contribution is -0.384. The topological polar surface area (TPSA) is 111 Å². The number of nitro benzene ring substituents is 1. The SMILES string of the molecule is O=C(COc1cccc([N+](=O)[O-])c1)NC(=O)Nc1ccccc1. The van der Waals surface area contributed by atoms with Crippen molar-refractivity contribution in [2.75, 3.05) is 11.9 Å². The number of rotatable bonds is 5. The number of hydrogen-bond acceptors (Lipinski definition) is 5. The molecule has 2 rings (SSSR count). The van der Waals surface area contributed by atoms with E-state index in [1.165, 1.54) is 24.3 Å². The third-order valence-electron chi connectivity index (χ3n) is 2.68. The number of urea groups is 1. The van der Waals surface area contributed by atoms with E-state index < -0.39 is 23.5 Å². The molecular weight excluding hydrogens is 302 g/mol. The van der Waals surface area contributed by atoms with Crippen LogP contribution in [-0.4, -0.2) is 23.5 Å². The number of amides is 3. The Bertz CT molecular complexity index is 718. The minimum absolute atomic E-state index is 0.148. The lowest BCUT2D eigenvalue weighted by Crippen LogP contribution is -2.37. The van der Waals surface area contributed by atoms with Crippen LogP contribution in [0.5, 0.6) is 5.75 Å². The second-order valence-corrected chi connectivity index (χ2v) is 4.41. The molecule has 0 fully saturated rings. The van der Waals surface area contributed by atoms with Gasteiger partial charge in [-0.2, -0.15) is 0 Å². The molecule has 0 saturated heterocycles. The second-order valence-electron chi connectivity index (χ2n) is 4.41. The number of anilines is 1. The van der Waals surface area contributed by atoms with Crippen LogP contribution in [0.3, 0.4) is 0 Å². The van der Waals surface area contributed by atoms with Gasteiger partial charge in [0.1, 0.15) is 5.75 Å². The molecule has 0 aliphatic rings. The molecule has 0 spiro atoms. The number of carbonyl (C=O) groups is 2. The Morgan fingerprint density at radius 1 is 1.09 bits per heavy atom. The van der Waals surface area contributed by atoms with Crippen LogP contribution in [0.15, 0.2) is 54.6 Å². The van der Waals surface area contributed by atoms with Crippen LogP contribution in [-0.2, 0) is 4.79 Å². The summed E-state index contributed by atoms with van der Waals surface area (Å²) in [5.74, 6) is -0.511. The Labute approximate surface area is 131 Å². The van der Waals surface area contributed by atoms with Crippen molar-refractivity contribution in [2.45, 2.75) is 0 Å². The lowest BCUT2D eigenvalue weighted by Gasteiger charge is -2.08. The quantitative estimate of drug-likeness (QED) is 0.650. The number of nitrogens with one attached hydrogen (secondary N) is 2. The Kier molecular flexibility index (Phi) is 5.24. The van der Waals surface area contributed by atoms with E-state index in [-0.39, 0.29) is 11.4 Å². The maximum Gasteiger partial charge on any atom is 0.325 e. The number of carbonyl (C=O) groups excluding carboxylic acids is 2. The molecule has 118 valence electrons. The minimum atomic E-state index is -0.691. The first-order chi connectivity index (χ1) is 11.0. The van der Waals surface area contributed by atoms with Crippen LogP contribution < -0.4 is 15.4 Å². The summed E-state index contributed by atoms with van der Waals surface area (Å²) in [5, 5.41) is 15.2. The summed E-state index contributed by atoms with van der Waals surface area (Å²) in [6.07, 6.45) is 0. The monoisotopic (exact) mass is 315 g/mol. The number of ether oxygens (including phenoxy) is 1. The van der Waals surface area contributed by atoms with Crippen LogP contribution in [0.1, 0.15) is 0 Å². The summed E-state index contributed by atoms with van der Waals surface area (Å²) in [5.41, 5.74) is 0.391. The van der Waals surface area contributed by atoms with Crippen molar-refractivity contribution >= 4 is 23.3 Å². The molecule has 2 aromatic rings. The van der Waals surface area contributed by atoms with Crippen LogP contribution in [0.25, 0.3) is 0 Å². The maximum absolute atomic E-state index is 11.6. The third-order valence-corrected chi connectivity index (χ3v) is 2.68. The fraction of sp³-hybridized carbons (Fsp3) is 0.0667. The van der Waals surface area contributed by atoms with E-state index in [1.807, 2.05) is 0 Å². The molecule has 8 heteroatoms. The zero-order valence-corrected chi connectivity index (χ0v) is 11.9. The van der Waals surface area contributed by atoms with Gasteiger partial charge in [-0.05, 0) is 18.2 Å². The first-order valence-corrected chi connectivity index (χ1v) is 6.58. The molecule has 23 heavy (non-hydrogen) atoms. The molecule has 2 N–H and O–H groups in total. The van der Waals surface area contributed by atoms with E-state index in [0.29, 0.717) is 5.69 Å². The highest BCUT2D eigenvalue weighted by molar-refractivity contribution is 6.01. The van der Waals surface area contributed by atoms with Crippen molar-refractivity contribution in [3.8, 4) is 5.75 Å². The van der Waals surface area contributed by atoms with E-state index in [9.17, 15) is 19.7 Å². The molecular formula is C15H13N3O5. The summed E-state index contributed by atoms with van der Waals surface area (Å²) in [6, 6.07) is 13.3. The van der Waals surface area contributed by atoms with Crippen molar-refractivity contribution < 1.29 is 19.2 Å². The maximum atomic E-state index is 11.6. The number of nitro groups is 1. The molecule has 2 aromatic carbocycles. The first-order valence-electron chi connectivity index (χ1n) is 6.58. The summed E-state index contributed by atoms with van der Waals surface area (Å²) >= 11 is 0. The minimum Gasteiger partial charge on any atom is -0.484 e. The van der Waals surface area contributed by atoms with Gasteiger partial charge in [0.05, 0.1) is 11.0 Å². The standard InChI is InChI=1S/C15H13N3O5/c19-14(17-15(20)16-11-5-2-1-3-6-11)10-23-13-8-4-7-12(9-13)18(21)22/h1-9H,10H2,(H2,16,17,19,20). The second kappa shape index (κ2) is 7.55. The highest BCUT2D eigenvalue weighted by atomic mass is 16.6. The van der Waals surface area contributed by atoms with Gasteiger partial charge < -0.3 is 10.1 Å². The van der Waals surface area contributed by atoms with Crippen molar-refractivity contribution in [1.29, 1.82) is 0 Å². The number of hydrogen-bond donors (Lipinski definition) is 2. The molecule has 0 saturated carbocycles. The summed E-state index contributed by atoms with van der Waals surface area (Å²) in [7, 11) is 0. The average Bonchev–Trinajstić information content (AvgIpc) is 2.54. The van der Waals surface area contributed by atoms with Gasteiger partial charge in [0.15, 0.2) is 6.61 Å². The molecule has 0 aromatic heterocycles. The molecule has 0 unspecified atom stereocenters. The van der Waals surface area contributed by atoms with Crippen molar-refractivity contribution in [2.24, 2.45) is 0 Å². The van der Waals surface area contributed by atoms with E-state index >= 15 is 0 Å². The summed E-state index contributed by atoms with van der Waals surface area (Å²) in [6.45, 7) is -0.441. The summed E-state index contributed by atoms with van der Waals surface area (Å²) < 4.78 is 5.11. The summed E-state index contributed by atoms with van der Waals surface area (Å²) in [4.78, 5) is 33.3. The van der Waals surface area contributed by atoms with Crippen molar-refractivity contribution in [1.82, 2.24) is 5.32 Å². The zero-order chi connectivity index (χ0) is 16.7. The Balaban J connectivity index is 1.82. The van der Waals surface area contributed by atoms with Crippen molar-refractivity contribution in [3.63, 3.8) is 0 Å². The highest BCUT2D eigenvalue weighted by Crippen LogP contribution is 2.18. The van der Waals surface area contributed by atoms with Crippen LogP contribution in [0.2, 0.25) is 0 Å². The fourth-order valence-corrected chi connectivity index (χ4v) is 1.68. The molecule has 0 radical (unpaired) electrons. The van der Waals surface area contributed by atoms with Gasteiger partial charge in [-0.1, -0.05) is 24.3 Å². The number of nitrogens with zero attached hydrogens (tertiary/aromatic N) is 1. The van der Waals surface area contributed by atoms with Gasteiger partial charge in [-0.25, -0.2) is 4.79 Å². The number of para-hydroxylation sites is 1. The van der Waals surface area contributed by atoms with Gasteiger partial charge in [0.2, 0.25) is 0 Å². The Morgan fingerprint density at radius 2 is 1.83 bits per heavy atom. The van der Waals surface area contributed by atoms with Crippen LogP contribution in [0.4, 0.5) is 16.2 Å². The number of benzene rings is 2. The number of imide groups is 1. The van der Waals surface area contributed by atoms with Gasteiger partial charge >= 0.3 is 6.03 Å². The fourth-order valence-electron chi connectivity index (χ4n) is 1.68. The zero-order valence-electron chi connectivity index (χ0n) is 11.9. The van der Waals surface area contributed by atoms with Crippen molar-refractivity contribution in [3.05, 3.63) is 64.7 Å². The van der Waals surface area contributed by atoms with Crippen LogP contribution >= 0.6 is 0 Å². The van der Waals surface area contributed by atoms with E-state index in [0.717, 1.165) is 0 Å². The average molecular weight is 315 g/mol. The predicted octanol–water partition coefficient (Wildman–Crippen LogP) is 2.32. The molecule has 0 atom stereocenters. The van der Waals surface area contributed by atoms with Crippen LogP contribution in [0, 0.1) is 10.1 Å². The molecule has 0 heterocycles. The van der Waals surface area contributed by atoms with Gasteiger partial charge in [-0.15, -0.1) is 0 Å². The highest BCUT2D eigenvalue weighted by Gasteiger charge is 2.10. The third kappa shape index (κ3) is 5.12. The van der Waals surface area contributed by atoms with E-state index in [4.69, 9.17) is 4.74 Å². The van der Waals surface area contributed by atoms with Gasteiger partial charge in [-0.3, -0.25) is 20.2 Å². The largest absolute Gasteiger partial charge is 0.484 e. The molecule has 0 bridgehead atoms. The predicted molar refractivity (Wildman–Crippen MR) is 82.2 cm³/mol. The normalized spacial score (nSPS) is 9.74. The molecule has 8 nitrogen and oxygen atoms in total. The smallest absolute Gasteiger partial charge is 0.325 e.